The van der Waals surface area contributed by atoms with Crippen LogP contribution in [0, 0.1) is 11.3 Å². The van der Waals surface area contributed by atoms with Crippen LogP contribution < -0.4 is 0 Å². The fourth-order valence-electron chi connectivity index (χ4n) is 2.74. The Kier molecular flexibility index (Phi) is 5.58. The summed E-state index contributed by atoms with van der Waals surface area (Å²) in [6.45, 7) is 15.5. The highest BCUT2D eigenvalue weighted by atomic mass is 29.2. The second-order valence-electron chi connectivity index (χ2n) is 6.52. The maximum Gasteiger partial charge on any atom is 0.330 e. The molecule has 1 aliphatic rings. The number of ether oxygens (including phenoxy) is 1. The molecule has 1 fully saturated rings. The number of esters is 1. The number of carbonyl (C=O) groups excluding carboxylic acids is 1. The van der Waals surface area contributed by atoms with Gasteiger partial charge in [0.15, 0.2) is 9.28 Å². The first-order valence-corrected chi connectivity index (χ1v) is 12.4. The molecule has 110 valence electrons. The molecule has 1 rings (SSSR count). The van der Waals surface area contributed by atoms with Crippen molar-refractivity contribution in [1.82, 2.24) is 0 Å². The Labute approximate surface area is 121 Å². The van der Waals surface area contributed by atoms with Crippen molar-refractivity contribution < 1.29 is 14.0 Å². The highest BCUT2D eigenvalue weighted by Crippen LogP contribution is 2.43. The Bertz CT molecular complexity index is 336. The first kappa shape index (κ1) is 16.7. The third-order valence-corrected chi connectivity index (χ3v) is 15.1. The van der Waals surface area contributed by atoms with Gasteiger partial charge in [0, 0.05) is 18.1 Å². The van der Waals surface area contributed by atoms with Crippen molar-refractivity contribution >= 4 is 23.6 Å². The molecule has 2 atom stereocenters. The SMILES string of the molecule is C=CC(=O)OC(C)([SiH]1CCCO[SiH2]1)C(C)(C)C(C)C. The van der Waals surface area contributed by atoms with E-state index < -0.39 is 17.6 Å². The maximum atomic E-state index is 11.8. The van der Waals surface area contributed by atoms with Crippen LogP contribution in [0.3, 0.4) is 0 Å². The maximum absolute atomic E-state index is 11.8. The number of hydrogen-bond donors (Lipinski definition) is 0. The van der Waals surface area contributed by atoms with Crippen molar-refractivity contribution in [3.8, 4) is 0 Å². The summed E-state index contributed by atoms with van der Waals surface area (Å²) >= 11 is 0. The van der Waals surface area contributed by atoms with Gasteiger partial charge in [-0.3, -0.25) is 0 Å². The molecule has 0 aromatic rings. The van der Waals surface area contributed by atoms with Gasteiger partial charge in [0.1, 0.15) is 8.31 Å². The molecule has 2 unspecified atom stereocenters. The van der Waals surface area contributed by atoms with E-state index >= 15 is 0 Å². The van der Waals surface area contributed by atoms with Crippen molar-refractivity contribution in [1.29, 1.82) is 0 Å². The van der Waals surface area contributed by atoms with Gasteiger partial charge in [0.2, 0.25) is 0 Å². The van der Waals surface area contributed by atoms with Crippen LogP contribution in [0.25, 0.3) is 0 Å². The molecule has 0 aromatic carbocycles. The standard InChI is InChI=1S/C14H28O3Si2/c1-7-12(15)17-14(6,13(4,5)11(2)3)19-10-8-9-16-18-19/h7,11,19H,1,8-10,18H2,2-6H3. The molecule has 0 aromatic heterocycles. The minimum absolute atomic E-state index is 0.0315. The third kappa shape index (κ3) is 3.38. The normalized spacial score (nSPS) is 25.1. The van der Waals surface area contributed by atoms with E-state index in [2.05, 4.69) is 41.2 Å². The van der Waals surface area contributed by atoms with Crippen molar-refractivity contribution in [2.45, 2.75) is 52.3 Å². The van der Waals surface area contributed by atoms with Gasteiger partial charge in [-0.05, 0) is 19.3 Å². The predicted molar refractivity (Wildman–Crippen MR) is 84.4 cm³/mol. The monoisotopic (exact) mass is 300 g/mol. The Morgan fingerprint density at radius 1 is 1.47 bits per heavy atom. The third-order valence-electron chi connectivity index (χ3n) is 5.14. The highest BCUT2D eigenvalue weighted by Gasteiger charge is 2.52. The number of rotatable bonds is 5. The largest absolute Gasteiger partial charge is 0.460 e. The van der Waals surface area contributed by atoms with E-state index in [-0.39, 0.29) is 16.6 Å². The fourth-order valence-corrected chi connectivity index (χ4v) is 12.3. The van der Waals surface area contributed by atoms with E-state index in [1.54, 1.807) is 0 Å². The molecule has 1 saturated heterocycles. The van der Waals surface area contributed by atoms with E-state index in [4.69, 9.17) is 9.16 Å². The number of carbonyl (C=O) groups is 1. The Morgan fingerprint density at radius 3 is 2.53 bits per heavy atom. The first-order valence-electron chi connectivity index (χ1n) is 7.19. The summed E-state index contributed by atoms with van der Waals surface area (Å²) in [6.07, 6.45) is 2.41. The van der Waals surface area contributed by atoms with Gasteiger partial charge in [-0.25, -0.2) is 4.79 Å². The zero-order valence-electron chi connectivity index (χ0n) is 13.0. The second kappa shape index (κ2) is 6.37. The molecule has 19 heavy (non-hydrogen) atoms. The Hall–Kier alpha value is -0.396. The number of hydrogen-bond acceptors (Lipinski definition) is 3. The average Bonchev–Trinajstić information content (AvgIpc) is 2.39. The average molecular weight is 301 g/mol. The van der Waals surface area contributed by atoms with Gasteiger partial charge in [0.25, 0.3) is 0 Å². The van der Waals surface area contributed by atoms with Crippen LogP contribution in [-0.2, 0) is 14.0 Å². The minimum atomic E-state index is -1.18. The summed E-state index contributed by atoms with van der Waals surface area (Å²) in [6, 6.07) is 1.24. The van der Waals surface area contributed by atoms with Crippen LogP contribution in [-0.4, -0.2) is 35.4 Å². The molecule has 0 radical (unpaired) electrons. The van der Waals surface area contributed by atoms with E-state index in [9.17, 15) is 4.79 Å². The molecule has 0 bridgehead atoms. The summed E-state index contributed by atoms with van der Waals surface area (Å²) in [5.74, 6) is 0.168. The summed E-state index contributed by atoms with van der Waals surface area (Å²) < 4.78 is 11.7. The molecule has 0 N–H and O–H groups in total. The molecular formula is C14H28O3Si2. The summed E-state index contributed by atoms with van der Waals surface area (Å²) in [4.78, 5) is 11.8. The van der Waals surface area contributed by atoms with Crippen molar-refractivity contribution in [2.75, 3.05) is 6.61 Å². The highest BCUT2D eigenvalue weighted by molar-refractivity contribution is 7.11. The van der Waals surface area contributed by atoms with Crippen LogP contribution >= 0.6 is 0 Å². The van der Waals surface area contributed by atoms with Gasteiger partial charge in [0.05, 0.1) is 5.22 Å². The summed E-state index contributed by atoms with van der Waals surface area (Å²) in [5.41, 5.74) is -0.0315. The van der Waals surface area contributed by atoms with Crippen molar-refractivity contribution in [3.63, 3.8) is 0 Å². The lowest BCUT2D eigenvalue weighted by Crippen LogP contribution is -2.62. The lowest BCUT2D eigenvalue weighted by molar-refractivity contribution is -0.156. The molecule has 0 saturated carbocycles. The van der Waals surface area contributed by atoms with Crippen LogP contribution in [0.5, 0.6) is 0 Å². The lowest BCUT2D eigenvalue weighted by Gasteiger charge is -2.50. The van der Waals surface area contributed by atoms with Crippen LogP contribution in [0.1, 0.15) is 41.0 Å². The molecule has 0 aliphatic carbocycles. The van der Waals surface area contributed by atoms with Gasteiger partial charge in [-0.2, -0.15) is 0 Å². The predicted octanol–water partition coefficient (Wildman–Crippen LogP) is 1.92. The van der Waals surface area contributed by atoms with E-state index in [0.29, 0.717) is 5.92 Å². The molecule has 0 amide bonds. The van der Waals surface area contributed by atoms with E-state index in [0.717, 1.165) is 13.0 Å². The molecular weight excluding hydrogens is 272 g/mol. The zero-order valence-corrected chi connectivity index (χ0v) is 15.6. The first-order chi connectivity index (χ1) is 8.75. The van der Waals surface area contributed by atoms with E-state index in [1.165, 1.54) is 12.1 Å². The van der Waals surface area contributed by atoms with Gasteiger partial charge >= 0.3 is 5.97 Å². The fraction of sp³-hybridized carbons (Fsp3) is 0.786. The summed E-state index contributed by atoms with van der Waals surface area (Å²) in [5, 5.41) is -0.334. The van der Waals surface area contributed by atoms with Crippen LogP contribution in [0.15, 0.2) is 12.7 Å². The van der Waals surface area contributed by atoms with E-state index in [1.807, 2.05) is 0 Å². The minimum Gasteiger partial charge on any atom is -0.460 e. The molecule has 1 aliphatic heterocycles. The second-order valence-corrected chi connectivity index (χ2v) is 14.3. The molecule has 0 spiro atoms. The molecule has 3 nitrogen and oxygen atoms in total. The van der Waals surface area contributed by atoms with Crippen molar-refractivity contribution in [3.05, 3.63) is 12.7 Å². The van der Waals surface area contributed by atoms with Crippen LogP contribution in [0.2, 0.25) is 6.04 Å². The van der Waals surface area contributed by atoms with Gasteiger partial charge in [-0.1, -0.05) is 40.3 Å². The van der Waals surface area contributed by atoms with Gasteiger partial charge in [-0.15, -0.1) is 0 Å². The molecule has 1 heterocycles. The van der Waals surface area contributed by atoms with Crippen LogP contribution in [0.4, 0.5) is 0 Å². The Balaban J connectivity index is 3.07. The summed E-state index contributed by atoms with van der Waals surface area (Å²) in [7, 11) is -1.70. The Morgan fingerprint density at radius 2 is 2.11 bits per heavy atom. The smallest absolute Gasteiger partial charge is 0.330 e. The zero-order chi connectivity index (χ0) is 14.7. The molecule has 5 heteroatoms. The topological polar surface area (TPSA) is 35.5 Å². The lowest BCUT2D eigenvalue weighted by atomic mass is 9.76. The van der Waals surface area contributed by atoms with Crippen molar-refractivity contribution in [2.24, 2.45) is 11.3 Å². The quantitative estimate of drug-likeness (QED) is 0.442. The van der Waals surface area contributed by atoms with Gasteiger partial charge < -0.3 is 9.16 Å².